The first kappa shape index (κ1) is 18.5. The van der Waals surface area contributed by atoms with Crippen LogP contribution in [-0.2, 0) is 11.3 Å². The van der Waals surface area contributed by atoms with Crippen LogP contribution in [0, 0.1) is 11.6 Å². The van der Waals surface area contributed by atoms with Gasteiger partial charge in [0, 0.05) is 5.56 Å². The van der Waals surface area contributed by atoms with Crippen molar-refractivity contribution in [1.82, 2.24) is 4.90 Å². The maximum absolute atomic E-state index is 14.0. The summed E-state index contributed by atoms with van der Waals surface area (Å²) in [5.41, 5.74) is 0.716. The smallest absolute Gasteiger partial charge is 0.234 e. The predicted molar refractivity (Wildman–Crippen MR) is 96.3 cm³/mol. The lowest BCUT2D eigenvalue weighted by Crippen LogP contribution is -2.28. The fourth-order valence-electron chi connectivity index (χ4n) is 2.87. The minimum absolute atomic E-state index is 0.105. The molecule has 4 nitrogen and oxygen atoms in total. The Labute approximate surface area is 155 Å². The second kappa shape index (κ2) is 7.95. The van der Waals surface area contributed by atoms with E-state index < -0.39 is 11.6 Å². The van der Waals surface area contributed by atoms with Crippen LogP contribution in [0.1, 0.15) is 23.4 Å². The van der Waals surface area contributed by atoms with E-state index in [0.29, 0.717) is 18.1 Å². The first-order valence-corrected chi connectivity index (χ1v) is 9.24. The van der Waals surface area contributed by atoms with E-state index in [4.69, 9.17) is 9.47 Å². The Morgan fingerprint density at radius 2 is 1.92 bits per heavy atom. The van der Waals surface area contributed by atoms with E-state index in [1.54, 1.807) is 13.2 Å². The minimum Gasteiger partial charge on any atom is -0.493 e. The third-order valence-corrected chi connectivity index (χ3v) is 5.39. The summed E-state index contributed by atoms with van der Waals surface area (Å²) in [5, 5.41) is -0.341. The summed E-state index contributed by atoms with van der Waals surface area (Å²) in [6.45, 7) is 2.22. The lowest BCUT2D eigenvalue weighted by Gasteiger charge is -2.25. The Hall–Kier alpha value is -2.28. The van der Waals surface area contributed by atoms with Gasteiger partial charge < -0.3 is 14.4 Å². The van der Waals surface area contributed by atoms with E-state index in [0.717, 1.165) is 5.56 Å². The fraction of sp³-hybridized carbons (Fsp3) is 0.316. The summed E-state index contributed by atoms with van der Waals surface area (Å²) in [5.74, 6) is -0.0367. The van der Waals surface area contributed by atoms with E-state index in [-0.39, 0.29) is 29.1 Å². The van der Waals surface area contributed by atoms with E-state index in [2.05, 4.69) is 0 Å². The summed E-state index contributed by atoms with van der Waals surface area (Å²) in [7, 11) is 1.55. The SMILES string of the molecule is CCOc1cc(C2SCC(=O)N2Cc2c(F)cccc2F)ccc1OC. The zero-order chi connectivity index (χ0) is 18.7. The number of halogens is 2. The summed E-state index contributed by atoms with van der Waals surface area (Å²) in [4.78, 5) is 13.8. The molecule has 0 aliphatic carbocycles. The molecule has 7 heteroatoms. The van der Waals surface area contributed by atoms with Crippen LogP contribution in [0.3, 0.4) is 0 Å². The van der Waals surface area contributed by atoms with Crippen molar-refractivity contribution in [3.8, 4) is 11.5 Å². The molecule has 0 spiro atoms. The highest BCUT2D eigenvalue weighted by atomic mass is 32.2. The van der Waals surface area contributed by atoms with Gasteiger partial charge >= 0.3 is 0 Å². The van der Waals surface area contributed by atoms with Gasteiger partial charge in [-0.25, -0.2) is 8.78 Å². The van der Waals surface area contributed by atoms with E-state index in [1.165, 1.54) is 34.9 Å². The van der Waals surface area contributed by atoms with Crippen LogP contribution in [0.5, 0.6) is 11.5 Å². The maximum atomic E-state index is 14.0. The van der Waals surface area contributed by atoms with Crippen LogP contribution in [0.4, 0.5) is 8.78 Å². The van der Waals surface area contributed by atoms with Crippen LogP contribution in [0.25, 0.3) is 0 Å². The summed E-state index contributed by atoms with van der Waals surface area (Å²) < 4.78 is 38.9. The van der Waals surface area contributed by atoms with Crippen LogP contribution >= 0.6 is 11.8 Å². The van der Waals surface area contributed by atoms with Gasteiger partial charge in [0.15, 0.2) is 11.5 Å². The molecule has 1 atom stereocenters. The Bertz CT molecular complexity index is 795. The lowest BCUT2D eigenvalue weighted by molar-refractivity contribution is -0.128. The number of hydrogen-bond donors (Lipinski definition) is 0. The second-order valence-corrected chi connectivity index (χ2v) is 6.80. The van der Waals surface area contributed by atoms with Crippen LogP contribution in [0.2, 0.25) is 0 Å². The maximum Gasteiger partial charge on any atom is 0.234 e. The molecule has 3 rings (SSSR count). The molecule has 2 aromatic rings. The highest BCUT2D eigenvalue weighted by Gasteiger charge is 2.34. The van der Waals surface area contributed by atoms with Crippen molar-refractivity contribution in [2.75, 3.05) is 19.5 Å². The van der Waals surface area contributed by atoms with Crippen molar-refractivity contribution >= 4 is 17.7 Å². The van der Waals surface area contributed by atoms with Gasteiger partial charge in [-0.05, 0) is 36.8 Å². The molecular weight excluding hydrogens is 360 g/mol. The topological polar surface area (TPSA) is 38.8 Å². The van der Waals surface area contributed by atoms with Gasteiger partial charge in [0.2, 0.25) is 5.91 Å². The van der Waals surface area contributed by atoms with Gasteiger partial charge in [0.1, 0.15) is 17.0 Å². The molecule has 1 aliphatic heterocycles. The van der Waals surface area contributed by atoms with Crippen molar-refractivity contribution in [1.29, 1.82) is 0 Å². The molecule has 1 aliphatic rings. The van der Waals surface area contributed by atoms with Crippen molar-refractivity contribution in [2.24, 2.45) is 0 Å². The monoisotopic (exact) mass is 379 g/mol. The summed E-state index contributed by atoms with van der Waals surface area (Å²) >= 11 is 1.42. The Morgan fingerprint density at radius 3 is 2.58 bits per heavy atom. The predicted octanol–water partition coefficient (Wildman–Crippen LogP) is 4.15. The molecular formula is C19H19F2NO3S. The molecule has 1 amide bonds. The minimum atomic E-state index is -0.654. The molecule has 0 aromatic heterocycles. The second-order valence-electron chi connectivity index (χ2n) is 5.73. The molecule has 1 heterocycles. The van der Waals surface area contributed by atoms with Gasteiger partial charge in [-0.3, -0.25) is 4.79 Å². The average Bonchev–Trinajstić information content (AvgIpc) is 2.99. The van der Waals surface area contributed by atoms with Crippen molar-refractivity contribution < 1.29 is 23.0 Å². The average molecular weight is 379 g/mol. The Balaban J connectivity index is 1.92. The van der Waals surface area contributed by atoms with E-state index in [1.807, 2.05) is 19.1 Å². The van der Waals surface area contributed by atoms with Crippen molar-refractivity contribution in [2.45, 2.75) is 18.8 Å². The number of nitrogens with zero attached hydrogens (tertiary/aromatic N) is 1. The Morgan fingerprint density at radius 1 is 1.19 bits per heavy atom. The molecule has 0 radical (unpaired) electrons. The fourth-order valence-corrected chi connectivity index (χ4v) is 4.05. The van der Waals surface area contributed by atoms with E-state index >= 15 is 0 Å². The number of methoxy groups -OCH3 is 1. The molecule has 1 fully saturated rings. The largest absolute Gasteiger partial charge is 0.493 e. The highest BCUT2D eigenvalue weighted by Crippen LogP contribution is 2.42. The number of carbonyl (C=O) groups is 1. The van der Waals surface area contributed by atoms with Gasteiger partial charge in [0.05, 0.1) is 26.0 Å². The summed E-state index contributed by atoms with van der Waals surface area (Å²) in [6, 6.07) is 9.12. The number of benzene rings is 2. The van der Waals surface area contributed by atoms with Gasteiger partial charge in [-0.15, -0.1) is 11.8 Å². The molecule has 1 unspecified atom stereocenters. The molecule has 0 bridgehead atoms. The zero-order valence-corrected chi connectivity index (χ0v) is 15.3. The third kappa shape index (κ3) is 3.62. The highest BCUT2D eigenvalue weighted by molar-refractivity contribution is 8.00. The number of thioether (sulfide) groups is 1. The first-order chi connectivity index (χ1) is 12.5. The molecule has 138 valence electrons. The lowest BCUT2D eigenvalue weighted by atomic mass is 10.1. The van der Waals surface area contributed by atoms with E-state index in [9.17, 15) is 13.6 Å². The number of hydrogen-bond acceptors (Lipinski definition) is 4. The summed E-state index contributed by atoms with van der Waals surface area (Å²) in [6.07, 6.45) is 0. The van der Waals surface area contributed by atoms with Crippen molar-refractivity contribution in [3.05, 3.63) is 59.2 Å². The van der Waals surface area contributed by atoms with Crippen LogP contribution in [-0.4, -0.2) is 30.3 Å². The molecule has 2 aromatic carbocycles. The van der Waals surface area contributed by atoms with Gasteiger partial charge in [0.25, 0.3) is 0 Å². The number of ether oxygens (including phenoxy) is 2. The van der Waals surface area contributed by atoms with Gasteiger partial charge in [-0.1, -0.05) is 12.1 Å². The number of rotatable bonds is 6. The molecule has 1 saturated heterocycles. The van der Waals surface area contributed by atoms with Crippen molar-refractivity contribution in [3.63, 3.8) is 0 Å². The van der Waals surface area contributed by atoms with Crippen LogP contribution in [0.15, 0.2) is 36.4 Å². The van der Waals surface area contributed by atoms with Gasteiger partial charge in [-0.2, -0.15) is 0 Å². The molecule has 26 heavy (non-hydrogen) atoms. The normalized spacial score (nSPS) is 16.8. The number of amides is 1. The number of carbonyl (C=O) groups excluding carboxylic acids is 1. The standard InChI is InChI=1S/C19H19F2NO3S/c1-3-25-17-9-12(7-8-16(17)24-2)19-22(18(23)11-26-19)10-13-14(20)5-4-6-15(13)21/h4-9,19H,3,10-11H2,1-2H3. The zero-order valence-electron chi connectivity index (χ0n) is 14.5. The molecule has 0 N–H and O–H groups in total. The Kier molecular flexibility index (Phi) is 5.66. The first-order valence-electron chi connectivity index (χ1n) is 8.19. The third-order valence-electron chi connectivity index (χ3n) is 4.13. The molecule has 0 saturated carbocycles. The quantitative estimate of drug-likeness (QED) is 0.756. The van der Waals surface area contributed by atoms with Crippen LogP contribution < -0.4 is 9.47 Å².